The lowest BCUT2D eigenvalue weighted by Crippen LogP contribution is -2.37. The molecule has 0 radical (unpaired) electrons. The van der Waals surface area contributed by atoms with Gasteiger partial charge in [0.1, 0.15) is 0 Å². The van der Waals surface area contributed by atoms with E-state index >= 15 is 0 Å². The molecule has 2 rings (SSSR count). The number of aliphatic hydroxyl groups is 1. The molecular formula is C19H26N2O. The number of hydrogen-bond donors (Lipinski definition) is 3. The van der Waals surface area contributed by atoms with Gasteiger partial charge in [-0.3, -0.25) is 0 Å². The van der Waals surface area contributed by atoms with Crippen LogP contribution < -0.4 is 10.6 Å². The van der Waals surface area contributed by atoms with Gasteiger partial charge in [0.15, 0.2) is 0 Å². The highest BCUT2D eigenvalue weighted by atomic mass is 16.3. The van der Waals surface area contributed by atoms with E-state index in [-0.39, 0.29) is 12.1 Å². The first-order valence-electron chi connectivity index (χ1n) is 7.91. The number of nitrogens with one attached hydrogen (secondary N) is 2. The molecule has 0 spiro atoms. The molecule has 2 atom stereocenters. The van der Waals surface area contributed by atoms with Crippen molar-refractivity contribution in [2.45, 2.75) is 32.0 Å². The molecule has 0 bridgehead atoms. The molecular weight excluding hydrogens is 272 g/mol. The van der Waals surface area contributed by atoms with Gasteiger partial charge in [-0.05, 0) is 25.0 Å². The van der Waals surface area contributed by atoms with Gasteiger partial charge >= 0.3 is 0 Å². The van der Waals surface area contributed by atoms with E-state index in [2.05, 4.69) is 48.7 Å². The maximum atomic E-state index is 10.1. The average Bonchev–Trinajstić information content (AvgIpc) is 2.59. The summed E-state index contributed by atoms with van der Waals surface area (Å²) in [5.74, 6) is 0. The molecule has 0 fully saturated rings. The molecule has 3 N–H and O–H groups in total. The van der Waals surface area contributed by atoms with E-state index in [4.69, 9.17) is 0 Å². The summed E-state index contributed by atoms with van der Waals surface area (Å²) in [6, 6.07) is 21.0. The second kappa shape index (κ2) is 8.69. The fraction of sp³-hybridized carbons (Fsp3) is 0.368. The molecule has 0 aliphatic rings. The van der Waals surface area contributed by atoms with Gasteiger partial charge in [0, 0.05) is 25.2 Å². The van der Waals surface area contributed by atoms with Crippen LogP contribution in [0, 0.1) is 0 Å². The van der Waals surface area contributed by atoms with Crippen LogP contribution in [0.15, 0.2) is 60.7 Å². The van der Waals surface area contributed by atoms with Gasteiger partial charge in [-0.1, -0.05) is 60.7 Å². The zero-order valence-corrected chi connectivity index (χ0v) is 13.4. The fourth-order valence-electron chi connectivity index (χ4n) is 2.42. The number of rotatable bonds is 8. The Morgan fingerprint density at radius 3 is 1.45 bits per heavy atom. The first-order chi connectivity index (χ1) is 10.7. The summed E-state index contributed by atoms with van der Waals surface area (Å²) in [4.78, 5) is 0. The van der Waals surface area contributed by atoms with Gasteiger partial charge in [0.25, 0.3) is 0 Å². The Balaban J connectivity index is 1.71. The Bertz CT molecular complexity index is 480. The lowest BCUT2D eigenvalue weighted by molar-refractivity contribution is 0.161. The smallest absolute Gasteiger partial charge is 0.0789 e. The lowest BCUT2D eigenvalue weighted by atomic mass is 10.1. The molecule has 0 heterocycles. The Morgan fingerprint density at radius 2 is 1.09 bits per heavy atom. The Kier molecular flexibility index (Phi) is 6.59. The predicted molar refractivity (Wildman–Crippen MR) is 91.7 cm³/mol. The SMILES string of the molecule is C[C@H](NCC(O)CN[C@@H](C)c1ccccc1)c1ccccc1. The van der Waals surface area contributed by atoms with Crippen molar-refractivity contribution < 1.29 is 5.11 Å². The van der Waals surface area contributed by atoms with Crippen molar-refractivity contribution in [2.24, 2.45) is 0 Å². The third-order valence-corrected chi connectivity index (χ3v) is 3.92. The van der Waals surface area contributed by atoms with Crippen LogP contribution in [0.2, 0.25) is 0 Å². The van der Waals surface area contributed by atoms with Crippen molar-refractivity contribution in [3.63, 3.8) is 0 Å². The Morgan fingerprint density at radius 1 is 0.727 bits per heavy atom. The van der Waals surface area contributed by atoms with E-state index < -0.39 is 6.10 Å². The summed E-state index contributed by atoms with van der Waals surface area (Å²) < 4.78 is 0. The van der Waals surface area contributed by atoms with Crippen molar-refractivity contribution >= 4 is 0 Å². The fourth-order valence-corrected chi connectivity index (χ4v) is 2.42. The number of aliphatic hydroxyl groups excluding tert-OH is 1. The Hall–Kier alpha value is -1.68. The van der Waals surface area contributed by atoms with Crippen molar-refractivity contribution in [3.05, 3.63) is 71.8 Å². The minimum Gasteiger partial charge on any atom is -0.390 e. The summed E-state index contributed by atoms with van der Waals surface area (Å²) in [5, 5.41) is 16.9. The lowest BCUT2D eigenvalue weighted by Gasteiger charge is -2.20. The van der Waals surface area contributed by atoms with E-state index in [0.29, 0.717) is 13.1 Å². The van der Waals surface area contributed by atoms with Crippen LogP contribution in [-0.4, -0.2) is 24.3 Å². The van der Waals surface area contributed by atoms with Gasteiger partial charge < -0.3 is 15.7 Å². The molecule has 118 valence electrons. The number of hydrogen-bond acceptors (Lipinski definition) is 3. The largest absolute Gasteiger partial charge is 0.390 e. The van der Waals surface area contributed by atoms with Crippen LogP contribution in [0.25, 0.3) is 0 Å². The molecule has 0 aromatic heterocycles. The summed E-state index contributed by atoms with van der Waals surface area (Å²) in [6.45, 7) is 5.37. The zero-order valence-electron chi connectivity index (χ0n) is 13.4. The van der Waals surface area contributed by atoms with Crippen LogP contribution in [-0.2, 0) is 0 Å². The molecule has 0 aliphatic carbocycles. The summed E-state index contributed by atoms with van der Waals surface area (Å²) in [6.07, 6.45) is -0.405. The summed E-state index contributed by atoms with van der Waals surface area (Å²) in [5.41, 5.74) is 2.47. The quantitative estimate of drug-likeness (QED) is 0.702. The Labute approximate surface area is 133 Å². The standard InChI is InChI=1S/C19H26N2O/c1-15(17-9-5-3-6-10-17)20-13-19(22)14-21-16(2)18-11-7-4-8-12-18/h3-12,15-16,19-22H,13-14H2,1-2H3/t15-,16-/m0/s1. The van der Waals surface area contributed by atoms with Crippen LogP contribution >= 0.6 is 0 Å². The van der Waals surface area contributed by atoms with Crippen molar-refractivity contribution in [3.8, 4) is 0 Å². The van der Waals surface area contributed by atoms with E-state index in [1.54, 1.807) is 0 Å². The van der Waals surface area contributed by atoms with E-state index in [0.717, 1.165) is 0 Å². The van der Waals surface area contributed by atoms with Crippen LogP contribution in [0.5, 0.6) is 0 Å². The molecule has 22 heavy (non-hydrogen) atoms. The normalized spacial score (nSPS) is 14.0. The van der Waals surface area contributed by atoms with E-state index in [1.165, 1.54) is 11.1 Å². The van der Waals surface area contributed by atoms with Crippen molar-refractivity contribution in [2.75, 3.05) is 13.1 Å². The molecule has 0 amide bonds. The highest BCUT2D eigenvalue weighted by molar-refractivity contribution is 5.18. The highest BCUT2D eigenvalue weighted by Crippen LogP contribution is 2.12. The molecule has 0 aliphatic heterocycles. The van der Waals surface area contributed by atoms with Gasteiger partial charge in [-0.2, -0.15) is 0 Å². The summed E-state index contributed by atoms with van der Waals surface area (Å²) in [7, 11) is 0. The molecule has 0 unspecified atom stereocenters. The summed E-state index contributed by atoms with van der Waals surface area (Å²) >= 11 is 0. The van der Waals surface area contributed by atoms with Gasteiger partial charge in [-0.25, -0.2) is 0 Å². The van der Waals surface area contributed by atoms with Crippen LogP contribution in [0.1, 0.15) is 37.1 Å². The van der Waals surface area contributed by atoms with Gasteiger partial charge in [-0.15, -0.1) is 0 Å². The minimum atomic E-state index is -0.405. The van der Waals surface area contributed by atoms with Crippen LogP contribution in [0.4, 0.5) is 0 Å². The topological polar surface area (TPSA) is 44.3 Å². The molecule has 2 aromatic carbocycles. The van der Waals surface area contributed by atoms with Gasteiger partial charge in [0.2, 0.25) is 0 Å². The highest BCUT2D eigenvalue weighted by Gasteiger charge is 2.10. The minimum absolute atomic E-state index is 0.238. The third-order valence-electron chi connectivity index (χ3n) is 3.92. The van der Waals surface area contributed by atoms with E-state index in [1.807, 2.05) is 36.4 Å². The molecule has 0 saturated carbocycles. The first-order valence-corrected chi connectivity index (χ1v) is 7.91. The molecule has 3 heteroatoms. The molecule has 3 nitrogen and oxygen atoms in total. The predicted octanol–water partition coefficient (Wildman–Crippen LogP) is 3.05. The van der Waals surface area contributed by atoms with Gasteiger partial charge in [0.05, 0.1) is 6.10 Å². The third kappa shape index (κ3) is 5.26. The molecule has 0 saturated heterocycles. The second-order valence-corrected chi connectivity index (χ2v) is 5.74. The second-order valence-electron chi connectivity index (χ2n) is 5.74. The van der Waals surface area contributed by atoms with Crippen molar-refractivity contribution in [1.82, 2.24) is 10.6 Å². The maximum absolute atomic E-state index is 10.1. The monoisotopic (exact) mass is 298 g/mol. The average molecular weight is 298 g/mol. The van der Waals surface area contributed by atoms with E-state index in [9.17, 15) is 5.11 Å². The zero-order chi connectivity index (χ0) is 15.8. The van der Waals surface area contributed by atoms with Crippen LogP contribution in [0.3, 0.4) is 0 Å². The number of benzene rings is 2. The first kappa shape index (κ1) is 16.7. The van der Waals surface area contributed by atoms with Crippen molar-refractivity contribution in [1.29, 1.82) is 0 Å². The maximum Gasteiger partial charge on any atom is 0.0789 e. The molecule has 2 aromatic rings.